The monoisotopic (exact) mass is 502 g/mol. The predicted octanol–water partition coefficient (Wildman–Crippen LogP) is 5.24. The number of hydrogen-bond acceptors (Lipinski definition) is 5. The zero-order chi connectivity index (χ0) is 22.4. The minimum atomic E-state index is -0.427. The summed E-state index contributed by atoms with van der Waals surface area (Å²) in [5.74, 6) is 1.48. The zero-order valence-electron chi connectivity index (χ0n) is 19.1. The van der Waals surface area contributed by atoms with Gasteiger partial charge in [0.25, 0.3) is 0 Å². The van der Waals surface area contributed by atoms with Gasteiger partial charge in [-0.3, -0.25) is 4.90 Å². The first-order valence-electron chi connectivity index (χ1n) is 11.8. The van der Waals surface area contributed by atoms with E-state index in [0.29, 0.717) is 6.61 Å². The molecule has 1 heterocycles. The lowest BCUT2D eigenvalue weighted by atomic mass is 9.82. The number of benzene rings is 2. The lowest BCUT2D eigenvalue weighted by Crippen LogP contribution is -2.48. The molecule has 0 amide bonds. The average Bonchev–Trinajstić information content (AvgIpc) is 2.83. The van der Waals surface area contributed by atoms with Crippen LogP contribution in [0, 0.1) is 0 Å². The lowest BCUT2D eigenvalue weighted by Gasteiger charge is -2.39. The normalized spacial score (nSPS) is 19.0. The van der Waals surface area contributed by atoms with Gasteiger partial charge >= 0.3 is 0 Å². The van der Waals surface area contributed by atoms with E-state index in [-0.39, 0.29) is 0 Å². The summed E-state index contributed by atoms with van der Waals surface area (Å²) in [6, 6.07) is 14.4. The fourth-order valence-corrected chi connectivity index (χ4v) is 5.36. The number of piperazine rings is 1. The first-order valence-corrected chi connectivity index (χ1v) is 12.6. The van der Waals surface area contributed by atoms with Gasteiger partial charge in [-0.1, -0.05) is 49.6 Å². The third kappa shape index (κ3) is 5.97. The molecule has 32 heavy (non-hydrogen) atoms. The first-order chi connectivity index (χ1) is 15.6. The van der Waals surface area contributed by atoms with Crippen molar-refractivity contribution in [2.24, 2.45) is 0 Å². The maximum absolute atomic E-state index is 10.8. The van der Waals surface area contributed by atoms with Crippen LogP contribution in [0.2, 0.25) is 0 Å². The zero-order valence-corrected chi connectivity index (χ0v) is 20.6. The summed E-state index contributed by atoms with van der Waals surface area (Å²) in [6.07, 6.45) is 6.47. The average molecular weight is 503 g/mol. The van der Waals surface area contributed by atoms with Crippen LogP contribution in [0.5, 0.6) is 11.5 Å². The van der Waals surface area contributed by atoms with Gasteiger partial charge in [-0.05, 0) is 46.8 Å². The molecule has 174 valence electrons. The summed E-state index contributed by atoms with van der Waals surface area (Å²) in [4.78, 5) is 4.90. The van der Waals surface area contributed by atoms with E-state index >= 15 is 0 Å². The van der Waals surface area contributed by atoms with E-state index in [1.807, 2.05) is 18.2 Å². The molecule has 0 spiro atoms. The van der Waals surface area contributed by atoms with Crippen molar-refractivity contribution in [3.05, 3.63) is 52.5 Å². The number of hydrogen-bond donors (Lipinski definition) is 1. The van der Waals surface area contributed by atoms with E-state index in [1.165, 1.54) is 19.3 Å². The van der Waals surface area contributed by atoms with Gasteiger partial charge in [-0.2, -0.15) is 0 Å². The largest absolute Gasteiger partial charge is 0.493 e. The van der Waals surface area contributed by atoms with E-state index in [1.54, 1.807) is 7.11 Å². The Morgan fingerprint density at radius 1 is 1.00 bits per heavy atom. The molecular formula is C26H35BrN2O3. The van der Waals surface area contributed by atoms with E-state index < -0.39 is 5.60 Å². The van der Waals surface area contributed by atoms with E-state index in [2.05, 4.69) is 50.0 Å². The van der Waals surface area contributed by atoms with Gasteiger partial charge in [0.15, 0.2) is 11.5 Å². The highest BCUT2D eigenvalue weighted by Gasteiger charge is 2.30. The maximum Gasteiger partial charge on any atom is 0.175 e. The Morgan fingerprint density at radius 3 is 2.41 bits per heavy atom. The second kappa shape index (κ2) is 10.9. The van der Waals surface area contributed by atoms with Gasteiger partial charge in [-0.15, -0.1) is 0 Å². The summed E-state index contributed by atoms with van der Waals surface area (Å²) in [5.41, 5.74) is 1.84. The fourth-order valence-electron chi connectivity index (χ4n) is 4.81. The molecule has 4 rings (SSSR count). The molecule has 6 heteroatoms. The highest BCUT2D eigenvalue weighted by Crippen LogP contribution is 2.40. The molecule has 1 saturated heterocycles. The smallest absolute Gasteiger partial charge is 0.175 e. The van der Waals surface area contributed by atoms with Gasteiger partial charge in [0, 0.05) is 44.5 Å². The van der Waals surface area contributed by atoms with Crippen LogP contribution in [0.25, 0.3) is 0 Å². The molecule has 2 fully saturated rings. The van der Waals surface area contributed by atoms with E-state index in [4.69, 9.17) is 9.47 Å². The van der Waals surface area contributed by atoms with Gasteiger partial charge in [0.1, 0.15) is 6.61 Å². The Kier molecular flexibility index (Phi) is 7.98. The van der Waals surface area contributed by atoms with Gasteiger partial charge in [0.2, 0.25) is 0 Å². The summed E-state index contributed by atoms with van der Waals surface area (Å²) in [5, 5.41) is 10.8. The molecule has 0 atom stereocenters. The fraction of sp³-hybridized carbons (Fsp3) is 0.538. The standard InChI is InChI=1S/C26H35BrN2O3/c1-31-24-19-22(18-23(27)25(24)32-20-21-8-4-2-5-9-21)29-16-14-28(15-17-29)13-12-26(30)10-6-3-7-11-26/h2,4-5,8-9,18-19,30H,3,6-7,10-17,20H2,1H3. The molecule has 0 aromatic heterocycles. The molecule has 2 aromatic carbocycles. The van der Waals surface area contributed by atoms with Crippen LogP contribution in [0.4, 0.5) is 5.69 Å². The molecule has 0 bridgehead atoms. The molecule has 5 nitrogen and oxygen atoms in total. The van der Waals surface area contributed by atoms with Crippen LogP contribution < -0.4 is 14.4 Å². The van der Waals surface area contributed by atoms with Gasteiger partial charge in [0.05, 0.1) is 17.2 Å². The number of halogens is 1. The molecule has 1 aliphatic heterocycles. The second-order valence-electron chi connectivity index (χ2n) is 9.10. The summed E-state index contributed by atoms with van der Waals surface area (Å²) in [6.45, 7) is 5.46. The van der Waals surface area contributed by atoms with Crippen molar-refractivity contribution < 1.29 is 14.6 Å². The van der Waals surface area contributed by atoms with Crippen LogP contribution in [-0.2, 0) is 6.61 Å². The minimum Gasteiger partial charge on any atom is -0.493 e. The van der Waals surface area contributed by atoms with Crippen LogP contribution in [-0.4, -0.2) is 55.4 Å². The summed E-state index contributed by atoms with van der Waals surface area (Å²) >= 11 is 3.70. The third-order valence-corrected chi connectivity index (χ3v) is 7.44. The first kappa shape index (κ1) is 23.4. The number of rotatable bonds is 8. The number of ether oxygens (including phenoxy) is 2. The number of aliphatic hydroxyl groups is 1. The van der Waals surface area contributed by atoms with Crippen molar-refractivity contribution in [1.29, 1.82) is 0 Å². The minimum absolute atomic E-state index is 0.427. The molecule has 0 radical (unpaired) electrons. The quantitative estimate of drug-likeness (QED) is 0.534. The molecular weight excluding hydrogens is 468 g/mol. The predicted molar refractivity (Wildman–Crippen MR) is 133 cm³/mol. The molecule has 1 aliphatic carbocycles. The number of methoxy groups -OCH3 is 1. The Labute approximate surface area is 200 Å². The Balaban J connectivity index is 1.33. The van der Waals surface area contributed by atoms with Crippen molar-refractivity contribution in [2.45, 2.75) is 50.7 Å². The highest BCUT2D eigenvalue weighted by atomic mass is 79.9. The van der Waals surface area contributed by atoms with Crippen LogP contribution in [0.3, 0.4) is 0 Å². The SMILES string of the molecule is COc1cc(N2CCN(CCC3(O)CCCCC3)CC2)cc(Br)c1OCc1ccccc1. The van der Waals surface area contributed by atoms with Crippen molar-refractivity contribution in [3.8, 4) is 11.5 Å². The van der Waals surface area contributed by atoms with Gasteiger partial charge in [-0.25, -0.2) is 0 Å². The van der Waals surface area contributed by atoms with E-state index in [9.17, 15) is 5.11 Å². The Morgan fingerprint density at radius 2 is 1.72 bits per heavy atom. The van der Waals surface area contributed by atoms with E-state index in [0.717, 1.165) is 79.2 Å². The number of nitrogens with zero attached hydrogens (tertiary/aromatic N) is 2. The summed E-state index contributed by atoms with van der Waals surface area (Å²) < 4.78 is 12.7. The second-order valence-corrected chi connectivity index (χ2v) is 9.95. The third-order valence-electron chi connectivity index (χ3n) is 6.86. The molecule has 1 N–H and O–H groups in total. The molecule has 0 unspecified atom stereocenters. The maximum atomic E-state index is 10.8. The topological polar surface area (TPSA) is 45.2 Å². The lowest BCUT2D eigenvalue weighted by molar-refractivity contribution is -0.0118. The number of anilines is 1. The van der Waals surface area contributed by atoms with Crippen LogP contribution >= 0.6 is 15.9 Å². The Hall–Kier alpha value is -1.76. The van der Waals surface area contributed by atoms with Crippen molar-refractivity contribution in [3.63, 3.8) is 0 Å². The summed E-state index contributed by atoms with van der Waals surface area (Å²) in [7, 11) is 1.69. The van der Waals surface area contributed by atoms with Gasteiger partial charge < -0.3 is 19.5 Å². The molecule has 1 saturated carbocycles. The highest BCUT2D eigenvalue weighted by molar-refractivity contribution is 9.10. The van der Waals surface area contributed by atoms with Crippen LogP contribution in [0.15, 0.2) is 46.9 Å². The molecule has 2 aliphatic rings. The van der Waals surface area contributed by atoms with Crippen molar-refractivity contribution in [2.75, 3.05) is 44.7 Å². The van der Waals surface area contributed by atoms with Crippen molar-refractivity contribution in [1.82, 2.24) is 4.90 Å². The molecule has 2 aromatic rings. The van der Waals surface area contributed by atoms with Crippen LogP contribution in [0.1, 0.15) is 44.1 Å². The Bertz CT molecular complexity index is 863. The van der Waals surface area contributed by atoms with Crippen molar-refractivity contribution >= 4 is 21.6 Å².